The van der Waals surface area contributed by atoms with Gasteiger partial charge < -0.3 is 14.2 Å². The number of amides is 1. The zero-order chi connectivity index (χ0) is 18.5. The Bertz CT molecular complexity index is 833. The van der Waals surface area contributed by atoms with E-state index in [0.29, 0.717) is 31.5 Å². The molecule has 0 aliphatic carbocycles. The van der Waals surface area contributed by atoms with Crippen LogP contribution in [-0.4, -0.2) is 41.4 Å². The van der Waals surface area contributed by atoms with E-state index in [2.05, 4.69) is 0 Å². The molecule has 0 unspecified atom stereocenters. The number of Topliss-reactive ketones (excluding diaryl/α,β-unsaturated/α-hetero) is 1. The maximum Gasteiger partial charge on any atom is 0.250 e. The van der Waals surface area contributed by atoms with Crippen molar-refractivity contribution in [1.29, 1.82) is 0 Å². The van der Waals surface area contributed by atoms with Crippen LogP contribution in [0.15, 0.2) is 53.5 Å². The number of rotatable bonds is 5. The van der Waals surface area contributed by atoms with E-state index in [1.165, 1.54) is 10.6 Å². The van der Waals surface area contributed by atoms with E-state index < -0.39 is 0 Å². The van der Waals surface area contributed by atoms with Gasteiger partial charge in [0.1, 0.15) is 12.3 Å². The van der Waals surface area contributed by atoms with Gasteiger partial charge in [0.2, 0.25) is 5.91 Å². The minimum atomic E-state index is -0.189. The molecule has 136 valence electrons. The van der Waals surface area contributed by atoms with E-state index in [1.54, 1.807) is 54.6 Å². The van der Waals surface area contributed by atoms with E-state index in [-0.39, 0.29) is 29.7 Å². The third-order valence-corrected chi connectivity index (χ3v) is 4.80. The zero-order valence-corrected chi connectivity index (χ0v) is 14.8. The molecule has 6 heteroatoms. The lowest BCUT2D eigenvalue weighted by Gasteiger charge is -2.31. The molecule has 3 rings (SSSR count). The van der Waals surface area contributed by atoms with Crippen LogP contribution >= 0.6 is 0 Å². The number of piperidine rings is 1. The van der Waals surface area contributed by atoms with E-state index in [0.717, 1.165) is 5.75 Å². The van der Waals surface area contributed by atoms with Gasteiger partial charge in [-0.05, 0) is 43.2 Å². The van der Waals surface area contributed by atoms with Crippen LogP contribution in [0.1, 0.15) is 23.2 Å². The van der Waals surface area contributed by atoms with Crippen LogP contribution in [0.2, 0.25) is 0 Å². The van der Waals surface area contributed by atoms with Crippen LogP contribution in [0.25, 0.3) is 0 Å². The summed E-state index contributed by atoms with van der Waals surface area (Å²) in [4.78, 5) is 38.5. The van der Waals surface area contributed by atoms with Crippen molar-refractivity contribution in [3.63, 3.8) is 0 Å². The number of likely N-dealkylation sites (tertiary alicyclic amines) is 1. The molecule has 26 heavy (non-hydrogen) atoms. The Morgan fingerprint density at radius 2 is 1.77 bits per heavy atom. The Balaban J connectivity index is 1.56. The number of methoxy groups -OCH3 is 1. The first-order chi connectivity index (χ1) is 12.6. The summed E-state index contributed by atoms with van der Waals surface area (Å²) in [5, 5.41) is 0. The predicted octanol–water partition coefficient (Wildman–Crippen LogP) is 1.98. The van der Waals surface area contributed by atoms with Crippen molar-refractivity contribution in [3.8, 4) is 5.75 Å². The van der Waals surface area contributed by atoms with E-state index >= 15 is 0 Å². The Kier molecular flexibility index (Phi) is 5.51. The van der Waals surface area contributed by atoms with Gasteiger partial charge in [-0.1, -0.05) is 6.07 Å². The maximum absolute atomic E-state index is 12.6. The molecular formula is C20H22N2O4. The molecule has 1 saturated heterocycles. The van der Waals surface area contributed by atoms with E-state index in [9.17, 15) is 14.4 Å². The monoisotopic (exact) mass is 354 g/mol. The number of ether oxygens (including phenoxy) is 1. The Morgan fingerprint density at radius 3 is 2.38 bits per heavy atom. The first-order valence-corrected chi connectivity index (χ1v) is 8.70. The number of aromatic nitrogens is 1. The summed E-state index contributed by atoms with van der Waals surface area (Å²) in [5.74, 6) is 0.665. The van der Waals surface area contributed by atoms with Crippen molar-refractivity contribution < 1.29 is 14.3 Å². The van der Waals surface area contributed by atoms with Gasteiger partial charge in [0.15, 0.2) is 5.78 Å². The molecule has 0 spiro atoms. The van der Waals surface area contributed by atoms with Gasteiger partial charge in [-0.3, -0.25) is 14.4 Å². The average molecular weight is 354 g/mol. The van der Waals surface area contributed by atoms with Crippen molar-refractivity contribution in [2.75, 3.05) is 20.2 Å². The molecule has 0 radical (unpaired) electrons. The normalized spacial score (nSPS) is 14.9. The van der Waals surface area contributed by atoms with Crippen LogP contribution in [0.4, 0.5) is 0 Å². The summed E-state index contributed by atoms with van der Waals surface area (Å²) < 4.78 is 6.51. The number of pyridine rings is 1. The highest BCUT2D eigenvalue weighted by Crippen LogP contribution is 2.23. The third kappa shape index (κ3) is 4.02. The molecule has 0 N–H and O–H groups in total. The highest BCUT2D eigenvalue weighted by atomic mass is 16.5. The summed E-state index contributed by atoms with van der Waals surface area (Å²) in [5.41, 5.74) is 0.483. The number of carbonyl (C=O) groups excluding carboxylic acids is 2. The van der Waals surface area contributed by atoms with Crippen molar-refractivity contribution in [2.45, 2.75) is 19.4 Å². The fraction of sp³-hybridized carbons (Fsp3) is 0.350. The molecule has 1 amide bonds. The number of ketones is 1. The molecule has 1 aromatic carbocycles. The van der Waals surface area contributed by atoms with Crippen LogP contribution in [0.3, 0.4) is 0 Å². The predicted molar refractivity (Wildman–Crippen MR) is 97.3 cm³/mol. The van der Waals surface area contributed by atoms with Gasteiger partial charge in [-0.25, -0.2) is 0 Å². The second kappa shape index (κ2) is 7.99. The molecule has 2 heterocycles. The van der Waals surface area contributed by atoms with Gasteiger partial charge in [-0.2, -0.15) is 0 Å². The van der Waals surface area contributed by atoms with Crippen LogP contribution in [-0.2, 0) is 11.3 Å². The lowest BCUT2D eigenvalue weighted by atomic mass is 9.89. The second-order valence-electron chi connectivity index (χ2n) is 6.41. The fourth-order valence-corrected chi connectivity index (χ4v) is 3.22. The first kappa shape index (κ1) is 17.9. The van der Waals surface area contributed by atoms with Crippen molar-refractivity contribution >= 4 is 11.7 Å². The summed E-state index contributed by atoms with van der Waals surface area (Å²) in [6.07, 6.45) is 2.89. The summed E-state index contributed by atoms with van der Waals surface area (Å²) in [6, 6.07) is 11.9. The van der Waals surface area contributed by atoms with Crippen LogP contribution < -0.4 is 10.3 Å². The minimum Gasteiger partial charge on any atom is -0.497 e. The molecule has 1 aliphatic rings. The maximum atomic E-state index is 12.6. The van der Waals surface area contributed by atoms with Crippen molar-refractivity contribution in [2.24, 2.45) is 5.92 Å². The highest BCUT2D eigenvalue weighted by molar-refractivity contribution is 5.98. The lowest BCUT2D eigenvalue weighted by molar-refractivity contribution is -0.133. The molecular weight excluding hydrogens is 332 g/mol. The van der Waals surface area contributed by atoms with Gasteiger partial charge in [0, 0.05) is 36.8 Å². The molecule has 0 saturated carbocycles. The average Bonchev–Trinajstić information content (AvgIpc) is 2.69. The number of hydrogen-bond donors (Lipinski definition) is 0. The third-order valence-electron chi connectivity index (χ3n) is 4.80. The van der Waals surface area contributed by atoms with Crippen molar-refractivity contribution in [3.05, 3.63) is 64.6 Å². The van der Waals surface area contributed by atoms with Crippen LogP contribution in [0, 0.1) is 5.92 Å². The molecule has 2 aromatic rings. The largest absolute Gasteiger partial charge is 0.497 e. The molecule has 0 atom stereocenters. The molecule has 1 aromatic heterocycles. The lowest BCUT2D eigenvalue weighted by Crippen LogP contribution is -2.42. The Morgan fingerprint density at radius 1 is 1.08 bits per heavy atom. The van der Waals surface area contributed by atoms with Crippen molar-refractivity contribution in [1.82, 2.24) is 9.47 Å². The quantitative estimate of drug-likeness (QED) is 0.770. The van der Waals surface area contributed by atoms with E-state index in [4.69, 9.17) is 4.74 Å². The SMILES string of the molecule is COc1ccc(C(=O)C2CCN(C(=O)Cn3ccccc3=O)CC2)cc1. The zero-order valence-electron chi connectivity index (χ0n) is 14.8. The molecule has 0 bridgehead atoms. The Hall–Kier alpha value is -2.89. The summed E-state index contributed by atoms with van der Waals surface area (Å²) in [6.45, 7) is 1.11. The minimum absolute atomic E-state index is 0.0385. The number of carbonyl (C=O) groups is 2. The smallest absolute Gasteiger partial charge is 0.250 e. The van der Waals surface area contributed by atoms with Gasteiger partial charge in [-0.15, -0.1) is 0 Å². The Labute approximate surface area is 152 Å². The number of benzene rings is 1. The van der Waals surface area contributed by atoms with E-state index in [1.807, 2.05) is 0 Å². The van der Waals surface area contributed by atoms with Crippen LogP contribution in [0.5, 0.6) is 5.75 Å². The number of nitrogens with zero attached hydrogens (tertiary/aromatic N) is 2. The van der Waals surface area contributed by atoms with Gasteiger partial charge in [0.05, 0.1) is 7.11 Å². The standard InChI is InChI=1S/C20H22N2O4/c1-26-17-7-5-15(6-8-17)20(25)16-9-12-21(13-10-16)19(24)14-22-11-3-2-4-18(22)23/h2-8,11,16H,9-10,12-14H2,1H3. The molecule has 1 aliphatic heterocycles. The summed E-state index contributed by atoms with van der Waals surface area (Å²) in [7, 11) is 1.59. The van der Waals surface area contributed by atoms with Gasteiger partial charge >= 0.3 is 0 Å². The molecule has 6 nitrogen and oxygen atoms in total. The topological polar surface area (TPSA) is 68.6 Å². The second-order valence-corrected chi connectivity index (χ2v) is 6.41. The molecule has 1 fully saturated rings. The number of hydrogen-bond acceptors (Lipinski definition) is 4. The summed E-state index contributed by atoms with van der Waals surface area (Å²) >= 11 is 0. The highest BCUT2D eigenvalue weighted by Gasteiger charge is 2.28. The van der Waals surface area contributed by atoms with Gasteiger partial charge in [0.25, 0.3) is 5.56 Å². The first-order valence-electron chi connectivity index (χ1n) is 8.70. The fourth-order valence-electron chi connectivity index (χ4n) is 3.22.